The number of alkyl halides is 1. The number of aryl methyl sites for hydroxylation is 2. The van der Waals surface area contributed by atoms with Gasteiger partial charge in [-0.25, -0.2) is 0 Å². The molecule has 0 aliphatic carbocycles. The molecule has 0 aromatic carbocycles. The standard InChI is InChI=1S/C15H22ClNO2/c1-10-11(2)19-12(3)14(10)15(18)17-8-4-5-13(9-17)6-7-16/h13H,4-9H2,1-3H3. The van der Waals surface area contributed by atoms with Crippen molar-refractivity contribution in [3.63, 3.8) is 0 Å². The molecule has 1 atom stereocenters. The minimum absolute atomic E-state index is 0.117. The third-order valence-corrected chi connectivity index (χ3v) is 4.32. The number of furan rings is 1. The van der Waals surface area contributed by atoms with Crippen LogP contribution < -0.4 is 0 Å². The molecule has 1 saturated heterocycles. The fourth-order valence-corrected chi connectivity index (χ4v) is 3.21. The molecule has 1 aromatic rings. The van der Waals surface area contributed by atoms with Gasteiger partial charge in [-0.05, 0) is 46.0 Å². The quantitative estimate of drug-likeness (QED) is 0.793. The van der Waals surface area contributed by atoms with Gasteiger partial charge in [0.25, 0.3) is 5.91 Å². The summed E-state index contributed by atoms with van der Waals surface area (Å²) in [6.45, 7) is 7.41. The number of amides is 1. The van der Waals surface area contributed by atoms with Crippen molar-refractivity contribution in [2.75, 3.05) is 19.0 Å². The third-order valence-electron chi connectivity index (χ3n) is 4.10. The zero-order valence-electron chi connectivity index (χ0n) is 12.0. The minimum Gasteiger partial charge on any atom is -0.466 e. The van der Waals surface area contributed by atoms with Crippen LogP contribution in [0, 0.1) is 26.7 Å². The van der Waals surface area contributed by atoms with Gasteiger partial charge in [-0.1, -0.05) is 0 Å². The van der Waals surface area contributed by atoms with Crippen molar-refractivity contribution in [2.24, 2.45) is 5.92 Å². The summed E-state index contributed by atoms with van der Waals surface area (Å²) in [6.07, 6.45) is 3.24. The van der Waals surface area contributed by atoms with Gasteiger partial charge in [0.2, 0.25) is 0 Å². The molecule has 0 N–H and O–H groups in total. The number of rotatable bonds is 3. The summed E-state index contributed by atoms with van der Waals surface area (Å²) >= 11 is 5.81. The molecule has 2 rings (SSSR count). The van der Waals surface area contributed by atoms with Crippen LogP contribution in [0.1, 0.15) is 46.7 Å². The smallest absolute Gasteiger partial charge is 0.257 e. The lowest BCUT2D eigenvalue weighted by Crippen LogP contribution is -2.40. The van der Waals surface area contributed by atoms with Crippen LogP contribution in [0.4, 0.5) is 0 Å². The molecule has 1 unspecified atom stereocenters. The predicted octanol–water partition coefficient (Wildman–Crippen LogP) is 3.69. The Balaban J connectivity index is 2.15. The maximum absolute atomic E-state index is 12.6. The van der Waals surface area contributed by atoms with Crippen molar-refractivity contribution in [3.8, 4) is 0 Å². The number of piperidine rings is 1. The fourth-order valence-electron chi connectivity index (χ4n) is 2.91. The third kappa shape index (κ3) is 2.97. The Morgan fingerprint density at radius 3 is 2.68 bits per heavy atom. The summed E-state index contributed by atoms with van der Waals surface area (Å²) in [6, 6.07) is 0. The zero-order valence-corrected chi connectivity index (χ0v) is 12.7. The molecule has 0 saturated carbocycles. The molecule has 1 amide bonds. The molecule has 1 aliphatic rings. The summed E-state index contributed by atoms with van der Waals surface area (Å²) < 4.78 is 5.56. The Kier molecular flexibility index (Phi) is 4.56. The van der Waals surface area contributed by atoms with Gasteiger partial charge >= 0.3 is 0 Å². The highest BCUT2D eigenvalue weighted by Gasteiger charge is 2.28. The van der Waals surface area contributed by atoms with Gasteiger partial charge in [0.05, 0.1) is 5.56 Å². The number of carbonyl (C=O) groups is 1. The van der Waals surface area contributed by atoms with E-state index in [0.717, 1.165) is 48.6 Å². The number of halogens is 1. The normalized spacial score (nSPS) is 19.8. The first-order chi connectivity index (χ1) is 9.04. The Morgan fingerprint density at radius 1 is 1.37 bits per heavy atom. The molecular weight excluding hydrogens is 262 g/mol. The Bertz CT molecular complexity index is 465. The second-order valence-electron chi connectivity index (χ2n) is 5.45. The van der Waals surface area contributed by atoms with Gasteiger partial charge in [-0.2, -0.15) is 0 Å². The van der Waals surface area contributed by atoms with Gasteiger partial charge < -0.3 is 9.32 Å². The van der Waals surface area contributed by atoms with E-state index in [-0.39, 0.29) is 5.91 Å². The minimum atomic E-state index is 0.117. The molecule has 3 nitrogen and oxygen atoms in total. The molecular formula is C15H22ClNO2. The van der Waals surface area contributed by atoms with E-state index in [4.69, 9.17) is 16.0 Å². The first kappa shape index (κ1) is 14.4. The van der Waals surface area contributed by atoms with Crippen LogP contribution in [0.15, 0.2) is 4.42 Å². The van der Waals surface area contributed by atoms with Crippen molar-refractivity contribution in [1.29, 1.82) is 0 Å². The Labute approximate surface area is 119 Å². The summed E-state index contributed by atoms with van der Waals surface area (Å²) in [4.78, 5) is 14.6. The van der Waals surface area contributed by atoms with Gasteiger partial charge in [-0.15, -0.1) is 11.6 Å². The number of nitrogens with zero attached hydrogens (tertiary/aromatic N) is 1. The van der Waals surface area contributed by atoms with Crippen molar-refractivity contribution < 1.29 is 9.21 Å². The monoisotopic (exact) mass is 283 g/mol. The van der Waals surface area contributed by atoms with Crippen molar-refractivity contribution >= 4 is 17.5 Å². The average molecular weight is 284 g/mol. The molecule has 2 heterocycles. The molecule has 1 fully saturated rings. The second-order valence-corrected chi connectivity index (χ2v) is 5.83. The van der Waals surface area contributed by atoms with Crippen molar-refractivity contribution in [1.82, 2.24) is 4.90 Å². The average Bonchev–Trinajstić information content (AvgIpc) is 2.63. The van der Waals surface area contributed by atoms with Crippen LogP contribution in [-0.4, -0.2) is 29.8 Å². The lowest BCUT2D eigenvalue weighted by molar-refractivity contribution is 0.0669. The Morgan fingerprint density at radius 2 is 2.11 bits per heavy atom. The Hall–Kier alpha value is -0.960. The SMILES string of the molecule is Cc1oc(C)c(C(=O)N2CCCC(CCCl)C2)c1C. The summed E-state index contributed by atoms with van der Waals surface area (Å²) in [5.74, 6) is 2.92. The number of carbonyl (C=O) groups excluding carboxylic acids is 1. The maximum Gasteiger partial charge on any atom is 0.257 e. The summed E-state index contributed by atoms with van der Waals surface area (Å²) in [5, 5.41) is 0. The number of hydrogen-bond donors (Lipinski definition) is 0. The van der Waals surface area contributed by atoms with Crippen LogP contribution in [0.25, 0.3) is 0 Å². The van der Waals surface area contributed by atoms with E-state index < -0.39 is 0 Å². The number of hydrogen-bond acceptors (Lipinski definition) is 2. The van der Waals surface area contributed by atoms with Crippen LogP contribution >= 0.6 is 11.6 Å². The first-order valence-corrected chi connectivity index (χ1v) is 7.49. The summed E-state index contributed by atoms with van der Waals surface area (Å²) in [5.41, 5.74) is 1.73. The topological polar surface area (TPSA) is 33.5 Å². The van der Waals surface area contributed by atoms with E-state index in [1.807, 2.05) is 25.7 Å². The highest BCUT2D eigenvalue weighted by atomic mass is 35.5. The molecule has 0 radical (unpaired) electrons. The van der Waals surface area contributed by atoms with Gasteiger partial charge in [0.1, 0.15) is 11.5 Å². The van der Waals surface area contributed by atoms with E-state index in [9.17, 15) is 4.79 Å². The lowest BCUT2D eigenvalue weighted by atomic mass is 9.95. The van der Waals surface area contributed by atoms with E-state index >= 15 is 0 Å². The highest BCUT2D eigenvalue weighted by Crippen LogP contribution is 2.26. The molecule has 0 spiro atoms. The largest absolute Gasteiger partial charge is 0.466 e. The van der Waals surface area contributed by atoms with E-state index in [0.29, 0.717) is 11.8 Å². The van der Waals surface area contributed by atoms with E-state index in [1.165, 1.54) is 6.42 Å². The molecule has 0 bridgehead atoms. The molecule has 1 aliphatic heterocycles. The lowest BCUT2D eigenvalue weighted by Gasteiger charge is -2.32. The maximum atomic E-state index is 12.6. The van der Waals surface area contributed by atoms with E-state index in [2.05, 4.69) is 0 Å². The fraction of sp³-hybridized carbons (Fsp3) is 0.667. The molecule has 1 aromatic heterocycles. The molecule has 106 valence electrons. The zero-order chi connectivity index (χ0) is 14.0. The van der Waals surface area contributed by atoms with Crippen LogP contribution in [-0.2, 0) is 0 Å². The first-order valence-electron chi connectivity index (χ1n) is 6.96. The predicted molar refractivity (Wildman–Crippen MR) is 76.9 cm³/mol. The van der Waals surface area contributed by atoms with Crippen molar-refractivity contribution in [3.05, 3.63) is 22.6 Å². The van der Waals surface area contributed by atoms with E-state index in [1.54, 1.807) is 0 Å². The van der Waals surface area contributed by atoms with Gasteiger partial charge in [0.15, 0.2) is 0 Å². The molecule has 4 heteroatoms. The molecule has 19 heavy (non-hydrogen) atoms. The van der Waals surface area contributed by atoms with Gasteiger partial charge in [-0.3, -0.25) is 4.79 Å². The highest BCUT2D eigenvalue weighted by molar-refractivity contribution is 6.17. The number of likely N-dealkylation sites (tertiary alicyclic amines) is 1. The van der Waals surface area contributed by atoms with Crippen LogP contribution in [0.2, 0.25) is 0 Å². The van der Waals surface area contributed by atoms with Crippen LogP contribution in [0.5, 0.6) is 0 Å². The van der Waals surface area contributed by atoms with Crippen LogP contribution in [0.3, 0.4) is 0 Å². The van der Waals surface area contributed by atoms with Gasteiger partial charge in [0, 0.05) is 24.5 Å². The second kappa shape index (κ2) is 6.00. The summed E-state index contributed by atoms with van der Waals surface area (Å²) in [7, 11) is 0. The van der Waals surface area contributed by atoms with Crippen molar-refractivity contribution in [2.45, 2.75) is 40.0 Å².